The third-order valence-electron chi connectivity index (χ3n) is 2.95. The fourth-order valence-electron chi connectivity index (χ4n) is 1.84. The smallest absolute Gasteiger partial charge is 0.0945 e. The van der Waals surface area contributed by atoms with Gasteiger partial charge in [0, 0.05) is 23.5 Å². The predicted octanol–water partition coefficient (Wildman–Crippen LogP) is 3.49. The largest absolute Gasteiger partial charge is 0.389 e. The summed E-state index contributed by atoms with van der Waals surface area (Å²) in [7, 11) is 0. The molecule has 104 valence electrons. The topological polar surface area (TPSA) is 41.5 Å². The van der Waals surface area contributed by atoms with Crippen molar-refractivity contribution >= 4 is 27.1 Å². The van der Waals surface area contributed by atoms with E-state index in [9.17, 15) is 5.11 Å². The molecule has 0 aliphatic carbocycles. The van der Waals surface area contributed by atoms with E-state index in [1.54, 1.807) is 11.3 Å². The Balaban J connectivity index is 1.74. The van der Waals surface area contributed by atoms with Gasteiger partial charge in [-0.25, -0.2) is 0 Å². The van der Waals surface area contributed by atoms with Crippen molar-refractivity contribution in [2.45, 2.75) is 25.9 Å². The van der Waals surface area contributed by atoms with Crippen molar-refractivity contribution in [3.8, 4) is 0 Å². The first-order chi connectivity index (χ1) is 9.29. The second kappa shape index (κ2) is 7.48. The number of fused-ring (bicyclic) bond motifs is 1. The minimum atomic E-state index is -0.463. The molecule has 1 aromatic carbocycles. The Morgan fingerprint density at radius 1 is 1.37 bits per heavy atom. The summed E-state index contributed by atoms with van der Waals surface area (Å²) in [4.78, 5) is 0. The van der Waals surface area contributed by atoms with Gasteiger partial charge in [0.05, 0.1) is 12.7 Å². The maximum atomic E-state index is 9.80. The van der Waals surface area contributed by atoms with Crippen LogP contribution in [0.1, 0.15) is 19.8 Å². The average molecular weight is 279 g/mol. The molecule has 0 spiro atoms. The number of rotatable bonds is 8. The molecule has 3 nitrogen and oxygen atoms in total. The summed E-state index contributed by atoms with van der Waals surface area (Å²) in [6.45, 7) is 3.77. The standard InChI is InChI=1S/C15H21NO2S/c1-2-3-7-18-11-14(17)10-16-13-4-5-15-12(9-13)6-8-19-15/h4-6,8-9,14,16-17H,2-3,7,10-11H2,1H3. The van der Waals surface area contributed by atoms with Gasteiger partial charge in [0.25, 0.3) is 0 Å². The van der Waals surface area contributed by atoms with Crippen LogP contribution in [-0.2, 0) is 4.74 Å². The number of hydrogen-bond donors (Lipinski definition) is 2. The lowest BCUT2D eigenvalue weighted by Gasteiger charge is -2.13. The average Bonchev–Trinajstić information content (AvgIpc) is 2.89. The first-order valence-corrected chi connectivity index (χ1v) is 7.64. The van der Waals surface area contributed by atoms with Gasteiger partial charge in [-0.2, -0.15) is 0 Å². The van der Waals surface area contributed by atoms with Gasteiger partial charge < -0.3 is 15.2 Å². The number of aliphatic hydroxyl groups excluding tert-OH is 1. The van der Waals surface area contributed by atoms with Crippen molar-refractivity contribution < 1.29 is 9.84 Å². The van der Waals surface area contributed by atoms with Crippen LogP contribution in [0, 0.1) is 0 Å². The number of hydrogen-bond acceptors (Lipinski definition) is 4. The first kappa shape index (κ1) is 14.3. The number of anilines is 1. The number of aliphatic hydroxyl groups is 1. The lowest BCUT2D eigenvalue weighted by atomic mass is 10.2. The lowest BCUT2D eigenvalue weighted by Crippen LogP contribution is -2.25. The molecule has 1 atom stereocenters. The van der Waals surface area contributed by atoms with Crippen molar-refractivity contribution in [2.75, 3.05) is 25.1 Å². The van der Waals surface area contributed by atoms with Crippen LogP contribution in [0.5, 0.6) is 0 Å². The molecule has 2 aromatic rings. The zero-order chi connectivity index (χ0) is 13.5. The molecule has 0 aliphatic heterocycles. The minimum Gasteiger partial charge on any atom is -0.389 e. The molecule has 0 radical (unpaired) electrons. The Morgan fingerprint density at radius 3 is 3.11 bits per heavy atom. The van der Waals surface area contributed by atoms with Gasteiger partial charge >= 0.3 is 0 Å². The third-order valence-corrected chi connectivity index (χ3v) is 3.84. The van der Waals surface area contributed by atoms with Crippen LogP contribution in [0.25, 0.3) is 10.1 Å². The van der Waals surface area contributed by atoms with E-state index in [0.717, 1.165) is 25.1 Å². The van der Waals surface area contributed by atoms with E-state index in [4.69, 9.17) is 4.74 Å². The number of nitrogens with one attached hydrogen (secondary N) is 1. The number of ether oxygens (including phenoxy) is 1. The number of unbranched alkanes of at least 4 members (excludes halogenated alkanes) is 1. The highest BCUT2D eigenvalue weighted by molar-refractivity contribution is 7.17. The van der Waals surface area contributed by atoms with Crippen LogP contribution in [0.15, 0.2) is 29.6 Å². The molecule has 1 heterocycles. The highest BCUT2D eigenvalue weighted by Crippen LogP contribution is 2.23. The van der Waals surface area contributed by atoms with E-state index >= 15 is 0 Å². The van der Waals surface area contributed by atoms with Crippen molar-refractivity contribution in [1.82, 2.24) is 0 Å². The van der Waals surface area contributed by atoms with E-state index in [1.165, 1.54) is 10.1 Å². The zero-order valence-electron chi connectivity index (χ0n) is 11.3. The fourth-order valence-corrected chi connectivity index (χ4v) is 2.61. The van der Waals surface area contributed by atoms with Crippen molar-refractivity contribution in [3.63, 3.8) is 0 Å². The molecule has 2 rings (SSSR count). The van der Waals surface area contributed by atoms with Crippen molar-refractivity contribution in [1.29, 1.82) is 0 Å². The summed E-state index contributed by atoms with van der Waals surface area (Å²) >= 11 is 1.74. The van der Waals surface area contributed by atoms with Gasteiger partial charge in [-0.1, -0.05) is 13.3 Å². The number of benzene rings is 1. The Bertz CT molecular complexity index is 498. The van der Waals surface area contributed by atoms with E-state index in [2.05, 4.69) is 35.8 Å². The molecule has 0 fully saturated rings. The maximum absolute atomic E-state index is 9.80. The first-order valence-electron chi connectivity index (χ1n) is 6.76. The Labute approximate surface area is 118 Å². The van der Waals surface area contributed by atoms with E-state index in [-0.39, 0.29) is 0 Å². The van der Waals surface area contributed by atoms with E-state index in [0.29, 0.717) is 13.2 Å². The third kappa shape index (κ3) is 4.49. The quantitative estimate of drug-likeness (QED) is 0.727. The Kier molecular flexibility index (Phi) is 5.63. The summed E-state index contributed by atoms with van der Waals surface area (Å²) < 4.78 is 6.68. The molecule has 1 unspecified atom stereocenters. The Morgan fingerprint density at radius 2 is 2.26 bits per heavy atom. The van der Waals surface area contributed by atoms with Gasteiger partial charge in [0.15, 0.2) is 0 Å². The van der Waals surface area contributed by atoms with Crippen LogP contribution in [0.4, 0.5) is 5.69 Å². The molecule has 0 saturated heterocycles. The Hall–Kier alpha value is -1.10. The summed E-state index contributed by atoms with van der Waals surface area (Å²) in [6, 6.07) is 8.36. The summed E-state index contributed by atoms with van der Waals surface area (Å²) in [5, 5.41) is 16.4. The number of thiophene rings is 1. The molecule has 19 heavy (non-hydrogen) atoms. The molecular formula is C15H21NO2S. The van der Waals surface area contributed by atoms with Crippen molar-refractivity contribution in [2.24, 2.45) is 0 Å². The second-order valence-corrected chi connectivity index (χ2v) is 5.58. The monoisotopic (exact) mass is 279 g/mol. The van der Waals surface area contributed by atoms with Crippen LogP contribution in [-0.4, -0.2) is 31.0 Å². The van der Waals surface area contributed by atoms with Gasteiger partial charge in [-0.05, 0) is 41.5 Å². The highest BCUT2D eigenvalue weighted by atomic mass is 32.1. The molecule has 1 aromatic heterocycles. The SMILES string of the molecule is CCCCOCC(O)CNc1ccc2sccc2c1. The zero-order valence-corrected chi connectivity index (χ0v) is 12.1. The lowest BCUT2D eigenvalue weighted by molar-refractivity contribution is 0.0422. The van der Waals surface area contributed by atoms with Crippen molar-refractivity contribution in [3.05, 3.63) is 29.6 Å². The van der Waals surface area contributed by atoms with Crippen LogP contribution >= 0.6 is 11.3 Å². The van der Waals surface area contributed by atoms with Gasteiger partial charge in [0.1, 0.15) is 0 Å². The van der Waals surface area contributed by atoms with Gasteiger partial charge in [-0.15, -0.1) is 11.3 Å². The van der Waals surface area contributed by atoms with Gasteiger partial charge in [-0.3, -0.25) is 0 Å². The van der Waals surface area contributed by atoms with Crippen LogP contribution in [0.2, 0.25) is 0 Å². The molecule has 0 amide bonds. The minimum absolute atomic E-state index is 0.397. The maximum Gasteiger partial charge on any atom is 0.0945 e. The normalized spacial score (nSPS) is 12.7. The second-order valence-electron chi connectivity index (χ2n) is 4.64. The summed E-state index contributed by atoms with van der Waals surface area (Å²) in [5.74, 6) is 0. The van der Waals surface area contributed by atoms with Crippen LogP contribution in [0.3, 0.4) is 0 Å². The molecular weight excluding hydrogens is 258 g/mol. The van der Waals surface area contributed by atoms with Crippen LogP contribution < -0.4 is 5.32 Å². The molecule has 0 saturated carbocycles. The highest BCUT2D eigenvalue weighted by Gasteiger charge is 2.04. The molecule has 0 bridgehead atoms. The molecule has 0 aliphatic rings. The van der Waals surface area contributed by atoms with E-state index < -0.39 is 6.10 Å². The molecule has 4 heteroatoms. The fraction of sp³-hybridized carbons (Fsp3) is 0.467. The summed E-state index contributed by atoms with van der Waals surface area (Å²) in [5.41, 5.74) is 1.04. The predicted molar refractivity (Wildman–Crippen MR) is 82.0 cm³/mol. The summed E-state index contributed by atoms with van der Waals surface area (Å²) in [6.07, 6.45) is 1.71. The molecule has 2 N–H and O–H groups in total. The van der Waals surface area contributed by atoms with E-state index in [1.807, 2.05) is 6.07 Å². The van der Waals surface area contributed by atoms with Gasteiger partial charge in [0.2, 0.25) is 0 Å².